The van der Waals surface area contributed by atoms with Crippen molar-refractivity contribution >= 4 is 5.97 Å². The standard InChI is InChI=1S/C17H18O3/c1-12-6-5-8-14(10-12)11-16(17(18)19)20-15-9-4-3-7-13(15)2/h3-10,16H,11H2,1-2H3,(H,18,19)/t16-/m0/s1. The Hall–Kier alpha value is -2.29. The van der Waals surface area contributed by atoms with Crippen LogP contribution in [0.15, 0.2) is 48.5 Å². The smallest absolute Gasteiger partial charge is 0.345 e. The molecule has 0 aliphatic carbocycles. The van der Waals surface area contributed by atoms with Crippen LogP contribution in [0.2, 0.25) is 0 Å². The molecule has 1 N–H and O–H groups in total. The van der Waals surface area contributed by atoms with Crippen molar-refractivity contribution in [3.8, 4) is 5.75 Å². The second-order valence-electron chi connectivity index (χ2n) is 4.90. The zero-order valence-electron chi connectivity index (χ0n) is 11.7. The van der Waals surface area contributed by atoms with Crippen molar-refractivity contribution in [2.24, 2.45) is 0 Å². The number of hydrogen-bond acceptors (Lipinski definition) is 2. The average molecular weight is 270 g/mol. The highest BCUT2D eigenvalue weighted by molar-refractivity contribution is 5.73. The minimum absolute atomic E-state index is 0.353. The number of benzene rings is 2. The second-order valence-corrected chi connectivity index (χ2v) is 4.90. The lowest BCUT2D eigenvalue weighted by molar-refractivity contribution is -0.145. The van der Waals surface area contributed by atoms with Gasteiger partial charge < -0.3 is 9.84 Å². The minimum atomic E-state index is -0.949. The first-order valence-electron chi connectivity index (χ1n) is 6.57. The summed E-state index contributed by atoms with van der Waals surface area (Å²) in [6.07, 6.45) is -0.524. The fraction of sp³-hybridized carbons (Fsp3) is 0.235. The Kier molecular flexibility index (Phi) is 4.41. The van der Waals surface area contributed by atoms with Crippen molar-refractivity contribution in [1.82, 2.24) is 0 Å². The third-order valence-corrected chi connectivity index (χ3v) is 3.14. The zero-order valence-corrected chi connectivity index (χ0v) is 11.7. The van der Waals surface area contributed by atoms with Gasteiger partial charge in [0.1, 0.15) is 5.75 Å². The lowest BCUT2D eigenvalue weighted by Crippen LogP contribution is -2.29. The molecule has 20 heavy (non-hydrogen) atoms. The van der Waals surface area contributed by atoms with Gasteiger partial charge in [0.15, 0.2) is 6.10 Å². The van der Waals surface area contributed by atoms with Gasteiger partial charge in [0.05, 0.1) is 0 Å². The second kappa shape index (κ2) is 6.24. The van der Waals surface area contributed by atoms with E-state index in [4.69, 9.17) is 4.74 Å². The molecule has 0 spiro atoms. The van der Waals surface area contributed by atoms with E-state index in [1.54, 1.807) is 6.07 Å². The molecule has 0 unspecified atom stereocenters. The molecule has 3 nitrogen and oxygen atoms in total. The van der Waals surface area contributed by atoms with Crippen molar-refractivity contribution in [3.63, 3.8) is 0 Å². The molecule has 3 heteroatoms. The van der Waals surface area contributed by atoms with Gasteiger partial charge in [0.25, 0.3) is 0 Å². The first-order valence-corrected chi connectivity index (χ1v) is 6.57. The number of para-hydroxylation sites is 1. The quantitative estimate of drug-likeness (QED) is 0.906. The highest BCUT2D eigenvalue weighted by Gasteiger charge is 2.20. The van der Waals surface area contributed by atoms with E-state index < -0.39 is 12.1 Å². The molecule has 104 valence electrons. The molecule has 0 fully saturated rings. The third kappa shape index (κ3) is 3.60. The van der Waals surface area contributed by atoms with Gasteiger partial charge in [-0.25, -0.2) is 4.79 Å². The van der Waals surface area contributed by atoms with E-state index in [0.717, 1.165) is 16.7 Å². The summed E-state index contributed by atoms with van der Waals surface area (Å²) >= 11 is 0. The van der Waals surface area contributed by atoms with Crippen LogP contribution in [0.4, 0.5) is 0 Å². The molecule has 0 bridgehead atoms. The minimum Gasteiger partial charge on any atom is -0.478 e. The SMILES string of the molecule is Cc1cccc(C[C@H](Oc2ccccc2C)C(=O)O)c1. The Balaban J connectivity index is 2.16. The van der Waals surface area contributed by atoms with E-state index in [2.05, 4.69) is 0 Å². The first-order chi connectivity index (χ1) is 9.56. The summed E-state index contributed by atoms with van der Waals surface area (Å²) in [6, 6.07) is 15.3. The monoisotopic (exact) mass is 270 g/mol. The number of hydrogen-bond donors (Lipinski definition) is 1. The van der Waals surface area contributed by atoms with Crippen LogP contribution in [0.1, 0.15) is 16.7 Å². The van der Waals surface area contributed by atoms with Crippen LogP contribution in [-0.2, 0) is 11.2 Å². The van der Waals surface area contributed by atoms with E-state index in [1.807, 2.05) is 56.3 Å². The molecule has 0 heterocycles. The molecule has 0 saturated heterocycles. The summed E-state index contributed by atoms with van der Waals surface area (Å²) in [4.78, 5) is 11.4. The van der Waals surface area contributed by atoms with Crippen molar-refractivity contribution in [3.05, 3.63) is 65.2 Å². The van der Waals surface area contributed by atoms with Crippen LogP contribution < -0.4 is 4.74 Å². The van der Waals surface area contributed by atoms with E-state index in [9.17, 15) is 9.90 Å². The maximum Gasteiger partial charge on any atom is 0.345 e. The van der Waals surface area contributed by atoms with Gasteiger partial charge >= 0.3 is 5.97 Å². The molecule has 2 aromatic rings. The van der Waals surface area contributed by atoms with Gasteiger partial charge in [-0.15, -0.1) is 0 Å². The molecule has 1 atom stereocenters. The number of aryl methyl sites for hydroxylation is 2. The molecule has 0 aromatic heterocycles. The van der Waals surface area contributed by atoms with E-state index in [1.165, 1.54) is 0 Å². The highest BCUT2D eigenvalue weighted by atomic mass is 16.5. The van der Waals surface area contributed by atoms with Crippen LogP contribution in [0.5, 0.6) is 5.75 Å². The molecular formula is C17H18O3. The molecule has 0 radical (unpaired) electrons. The zero-order chi connectivity index (χ0) is 14.5. The summed E-state index contributed by atoms with van der Waals surface area (Å²) in [5.41, 5.74) is 3.01. The number of carbonyl (C=O) groups is 1. The van der Waals surface area contributed by atoms with Crippen LogP contribution >= 0.6 is 0 Å². The van der Waals surface area contributed by atoms with Crippen LogP contribution in [0.25, 0.3) is 0 Å². The van der Waals surface area contributed by atoms with Crippen molar-refractivity contribution in [2.75, 3.05) is 0 Å². The van der Waals surface area contributed by atoms with E-state index >= 15 is 0 Å². The third-order valence-electron chi connectivity index (χ3n) is 3.14. The fourth-order valence-corrected chi connectivity index (χ4v) is 2.07. The Labute approximate surface area is 118 Å². The summed E-state index contributed by atoms with van der Waals surface area (Å²) in [5.74, 6) is -0.331. The van der Waals surface area contributed by atoms with Gasteiger partial charge in [0.2, 0.25) is 0 Å². The lowest BCUT2D eigenvalue weighted by Gasteiger charge is -2.17. The van der Waals surface area contributed by atoms with Gasteiger partial charge in [-0.3, -0.25) is 0 Å². The summed E-state index contributed by atoms with van der Waals surface area (Å²) in [6.45, 7) is 3.89. The highest BCUT2D eigenvalue weighted by Crippen LogP contribution is 2.19. The van der Waals surface area contributed by atoms with Crippen LogP contribution in [-0.4, -0.2) is 17.2 Å². The maximum atomic E-state index is 11.4. The summed E-state index contributed by atoms with van der Waals surface area (Å²) in [7, 11) is 0. The predicted molar refractivity (Wildman–Crippen MR) is 78.1 cm³/mol. The molecule has 0 amide bonds. The molecule has 2 rings (SSSR count). The van der Waals surface area contributed by atoms with Gasteiger partial charge in [-0.1, -0.05) is 48.0 Å². The van der Waals surface area contributed by atoms with Gasteiger partial charge in [0, 0.05) is 6.42 Å². The predicted octanol–water partition coefficient (Wildman–Crippen LogP) is 3.38. The lowest BCUT2D eigenvalue weighted by atomic mass is 10.1. The van der Waals surface area contributed by atoms with E-state index in [0.29, 0.717) is 12.2 Å². The Morgan fingerprint density at radius 2 is 1.90 bits per heavy atom. The molecular weight excluding hydrogens is 252 g/mol. The van der Waals surface area contributed by atoms with Crippen LogP contribution in [0, 0.1) is 13.8 Å². The molecule has 0 aliphatic rings. The van der Waals surface area contributed by atoms with Crippen molar-refractivity contribution in [1.29, 1.82) is 0 Å². The Morgan fingerprint density at radius 1 is 1.15 bits per heavy atom. The summed E-state index contributed by atoms with van der Waals surface area (Å²) < 4.78 is 5.65. The van der Waals surface area contributed by atoms with E-state index in [-0.39, 0.29) is 0 Å². The molecule has 0 aliphatic heterocycles. The molecule has 2 aromatic carbocycles. The topological polar surface area (TPSA) is 46.5 Å². The summed E-state index contributed by atoms with van der Waals surface area (Å²) in [5, 5.41) is 9.33. The molecule has 0 saturated carbocycles. The largest absolute Gasteiger partial charge is 0.478 e. The number of carboxylic acids is 1. The number of carboxylic acid groups (broad SMARTS) is 1. The fourth-order valence-electron chi connectivity index (χ4n) is 2.07. The van der Waals surface area contributed by atoms with Gasteiger partial charge in [-0.2, -0.15) is 0 Å². The number of rotatable bonds is 5. The van der Waals surface area contributed by atoms with Gasteiger partial charge in [-0.05, 0) is 31.0 Å². The average Bonchev–Trinajstić information content (AvgIpc) is 2.40. The van der Waals surface area contributed by atoms with Crippen LogP contribution in [0.3, 0.4) is 0 Å². The van der Waals surface area contributed by atoms with Crippen molar-refractivity contribution in [2.45, 2.75) is 26.4 Å². The Bertz CT molecular complexity index is 605. The Morgan fingerprint density at radius 3 is 2.55 bits per heavy atom. The van der Waals surface area contributed by atoms with Crippen molar-refractivity contribution < 1.29 is 14.6 Å². The maximum absolute atomic E-state index is 11.4. The number of ether oxygens (including phenoxy) is 1. The number of aliphatic carboxylic acids is 1. The normalized spacial score (nSPS) is 11.9. The first kappa shape index (κ1) is 14.1.